The van der Waals surface area contributed by atoms with Gasteiger partial charge in [-0.1, -0.05) is 77.2 Å². The van der Waals surface area contributed by atoms with E-state index in [2.05, 4.69) is 36.5 Å². The zero-order chi connectivity index (χ0) is 20.4. The Bertz CT molecular complexity index is 415. The van der Waals surface area contributed by atoms with E-state index in [4.69, 9.17) is 0 Å². The highest BCUT2D eigenvalue weighted by Crippen LogP contribution is 2.16. The van der Waals surface area contributed by atoms with E-state index in [-0.39, 0.29) is 18.4 Å². The molecule has 0 rings (SSSR count). The van der Waals surface area contributed by atoms with Gasteiger partial charge in [0.05, 0.1) is 12.1 Å². The minimum Gasteiger partial charge on any atom is -0.394 e. The fourth-order valence-electron chi connectivity index (χ4n) is 2.84. The molecular formula is C24H45NO2. The van der Waals surface area contributed by atoms with Crippen LogP contribution in [0.25, 0.3) is 0 Å². The van der Waals surface area contributed by atoms with Gasteiger partial charge in [-0.25, -0.2) is 0 Å². The predicted octanol–water partition coefficient (Wildman–Crippen LogP) is 6.32. The lowest BCUT2D eigenvalue weighted by atomic mass is 9.89. The first-order valence-corrected chi connectivity index (χ1v) is 11.2. The molecule has 1 atom stereocenters. The minimum absolute atomic E-state index is 0.0153. The Balaban J connectivity index is 3.54. The number of nitrogens with one attached hydrogen (secondary N) is 1. The molecule has 0 aliphatic heterocycles. The molecule has 0 saturated heterocycles. The maximum Gasteiger partial charge on any atom is 0.220 e. The van der Waals surface area contributed by atoms with Crippen molar-refractivity contribution in [2.75, 3.05) is 6.61 Å². The maximum atomic E-state index is 12.0. The molecule has 0 aliphatic carbocycles. The van der Waals surface area contributed by atoms with Crippen LogP contribution in [0.2, 0.25) is 0 Å². The van der Waals surface area contributed by atoms with E-state index in [9.17, 15) is 9.90 Å². The van der Waals surface area contributed by atoms with Crippen LogP contribution in [0.4, 0.5) is 0 Å². The molecule has 1 unspecified atom stereocenters. The Hall–Kier alpha value is -1.09. The third kappa shape index (κ3) is 14.6. The van der Waals surface area contributed by atoms with Gasteiger partial charge in [-0.15, -0.1) is 0 Å². The summed E-state index contributed by atoms with van der Waals surface area (Å²) in [5.41, 5.74) is -0.506. The van der Waals surface area contributed by atoms with Crippen molar-refractivity contribution in [3.05, 3.63) is 24.3 Å². The van der Waals surface area contributed by atoms with Gasteiger partial charge in [0.1, 0.15) is 0 Å². The SMILES string of the molecule is CCCCCC=CCC=CCCCCCCCC(=O)NC(C)(CO)C(C)C. The first-order chi connectivity index (χ1) is 13.0. The summed E-state index contributed by atoms with van der Waals surface area (Å²) in [7, 11) is 0. The number of allylic oxidation sites excluding steroid dienone is 4. The molecular weight excluding hydrogens is 334 g/mol. The van der Waals surface area contributed by atoms with Crippen LogP contribution in [0.1, 0.15) is 105 Å². The molecule has 0 aromatic rings. The number of amides is 1. The van der Waals surface area contributed by atoms with E-state index >= 15 is 0 Å². The van der Waals surface area contributed by atoms with Crippen LogP contribution in [-0.4, -0.2) is 23.2 Å². The Labute approximate surface area is 168 Å². The summed E-state index contributed by atoms with van der Waals surface area (Å²) in [6, 6.07) is 0. The van der Waals surface area contributed by atoms with Gasteiger partial charge in [-0.3, -0.25) is 4.79 Å². The van der Waals surface area contributed by atoms with Gasteiger partial charge >= 0.3 is 0 Å². The van der Waals surface area contributed by atoms with Crippen molar-refractivity contribution in [1.82, 2.24) is 5.32 Å². The zero-order valence-corrected chi connectivity index (χ0v) is 18.4. The molecule has 1 amide bonds. The normalized spacial score (nSPS) is 14.3. The lowest BCUT2D eigenvalue weighted by Gasteiger charge is -2.32. The van der Waals surface area contributed by atoms with E-state index in [1.165, 1.54) is 44.9 Å². The van der Waals surface area contributed by atoms with Crippen molar-refractivity contribution in [3.8, 4) is 0 Å². The second-order valence-corrected chi connectivity index (χ2v) is 8.26. The lowest BCUT2D eigenvalue weighted by molar-refractivity contribution is -0.124. The van der Waals surface area contributed by atoms with Crippen molar-refractivity contribution >= 4 is 5.91 Å². The highest BCUT2D eigenvalue weighted by molar-refractivity contribution is 5.76. The van der Waals surface area contributed by atoms with E-state index in [1.807, 2.05) is 20.8 Å². The van der Waals surface area contributed by atoms with Gasteiger partial charge in [0, 0.05) is 6.42 Å². The number of carbonyl (C=O) groups is 1. The average Bonchev–Trinajstić information content (AvgIpc) is 2.64. The molecule has 0 spiro atoms. The van der Waals surface area contributed by atoms with Crippen LogP contribution < -0.4 is 5.32 Å². The van der Waals surface area contributed by atoms with Gasteiger partial charge in [-0.2, -0.15) is 0 Å². The summed E-state index contributed by atoms with van der Waals surface area (Å²) in [4.78, 5) is 12.0. The number of aliphatic hydroxyl groups is 1. The number of carbonyl (C=O) groups excluding carboxylic acids is 1. The van der Waals surface area contributed by atoms with Crippen molar-refractivity contribution in [3.63, 3.8) is 0 Å². The topological polar surface area (TPSA) is 49.3 Å². The first-order valence-electron chi connectivity index (χ1n) is 11.2. The third-order valence-electron chi connectivity index (χ3n) is 5.38. The van der Waals surface area contributed by atoms with Gasteiger partial charge in [0.25, 0.3) is 0 Å². The summed E-state index contributed by atoms with van der Waals surface area (Å²) in [5.74, 6) is 0.280. The van der Waals surface area contributed by atoms with E-state index < -0.39 is 5.54 Å². The summed E-state index contributed by atoms with van der Waals surface area (Å²) < 4.78 is 0. The molecule has 0 aliphatic rings. The quantitative estimate of drug-likeness (QED) is 0.229. The summed E-state index contributed by atoms with van der Waals surface area (Å²) in [6.07, 6.45) is 22.8. The summed E-state index contributed by atoms with van der Waals surface area (Å²) >= 11 is 0. The Morgan fingerprint density at radius 3 is 2.04 bits per heavy atom. The molecule has 0 aromatic carbocycles. The maximum absolute atomic E-state index is 12.0. The molecule has 0 heterocycles. The number of hydrogen-bond acceptors (Lipinski definition) is 2. The minimum atomic E-state index is -0.506. The van der Waals surface area contributed by atoms with Gasteiger partial charge in [-0.05, 0) is 51.4 Å². The number of hydrogen-bond donors (Lipinski definition) is 2. The molecule has 0 saturated carbocycles. The van der Waals surface area contributed by atoms with Crippen molar-refractivity contribution in [2.24, 2.45) is 5.92 Å². The van der Waals surface area contributed by atoms with Crippen molar-refractivity contribution in [1.29, 1.82) is 0 Å². The molecule has 0 fully saturated rings. The van der Waals surface area contributed by atoms with Crippen LogP contribution in [0.15, 0.2) is 24.3 Å². The van der Waals surface area contributed by atoms with Crippen molar-refractivity contribution in [2.45, 2.75) is 110 Å². The van der Waals surface area contributed by atoms with Gasteiger partial charge in [0.2, 0.25) is 5.91 Å². The molecule has 0 bridgehead atoms. The Morgan fingerprint density at radius 1 is 0.926 bits per heavy atom. The lowest BCUT2D eigenvalue weighted by Crippen LogP contribution is -2.52. The Morgan fingerprint density at radius 2 is 1.48 bits per heavy atom. The summed E-state index contributed by atoms with van der Waals surface area (Å²) in [6.45, 7) is 8.18. The van der Waals surface area contributed by atoms with Crippen molar-refractivity contribution < 1.29 is 9.90 Å². The second kappa shape index (κ2) is 17.0. The van der Waals surface area contributed by atoms with Crippen LogP contribution in [0, 0.1) is 5.92 Å². The highest BCUT2D eigenvalue weighted by Gasteiger charge is 2.28. The molecule has 0 radical (unpaired) electrons. The Kier molecular flexibility index (Phi) is 16.4. The molecule has 3 heteroatoms. The van der Waals surface area contributed by atoms with Crippen LogP contribution >= 0.6 is 0 Å². The first kappa shape index (κ1) is 25.9. The average molecular weight is 380 g/mol. The molecule has 2 N–H and O–H groups in total. The number of rotatable bonds is 17. The predicted molar refractivity (Wildman–Crippen MR) is 118 cm³/mol. The molecule has 3 nitrogen and oxygen atoms in total. The third-order valence-corrected chi connectivity index (χ3v) is 5.38. The van der Waals surface area contributed by atoms with E-state index in [0.29, 0.717) is 6.42 Å². The highest BCUT2D eigenvalue weighted by atomic mass is 16.3. The number of aliphatic hydroxyl groups excluding tert-OH is 1. The zero-order valence-electron chi connectivity index (χ0n) is 18.4. The van der Waals surface area contributed by atoms with E-state index in [1.54, 1.807) is 0 Å². The molecule has 0 aromatic heterocycles. The molecule has 27 heavy (non-hydrogen) atoms. The number of unbranched alkanes of at least 4 members (excludes halogenated alkanes) is 8. The second-order valence-electron chi connectivity index (χ2n) is 8.26. The molecule has 158 valence electrons. The van der Waals surface area contributed by atoms with Crippen LogP contribution in [-0.2, 0) is 4.79 Å². The largest absolute Gasteiger partial charge is 0.394 e. The van der Waals surface area contributed by atoms with E-state index in [0.717, 1.165) is 25.7 Å². The van der Waals surface area contributed by atoms with Crippen LogP contribution in [0.5, 0.6) is 0 Å². The summed E-state index contributed by atoms with van der Waals surface area (Å²) in [5, 5.41) is 12.5. The fourth-order valence-corrected chi connectivity index (χ4v) is 2.84. The van der Waals surface area contributed by atoms with Gasteiger partial charge < -0.3 is 10.4 Å². The van der Waals surface area contributed by atoms with Gasteiger partial charge in [0.15, 0.2) is 0 Å². The van der Waals surface area contributed by atoms with Crippen LogP contribution in [0.3, 0.4) is 0 Å². The standard InChI is InChI=1S/C24H45NO2/c1-5-6-7-8-9-10-11-12-13-14-15-16-17-18-19-20-23(27)25-24(4,21-26)22(2)3/h9-10,12-13,22,26H,5-8,11,14-21H2,1-4H3,(H,25,27). The fraction of sp³-hybridized carbons (Fsp3) is 0.792. The smallest absolute Gasteiger partial charge is 0.220 e. The monoisotopic (exact) mass is 379 g/mol.